The second-order valence-electron chi connectivity index (χ2n) is 8.07. The molecule has 7 heteroatoms. The van der Waals surface area contributed by atoms with E-state index in [4.69, 9.17) is 9.84 Å². The molecule has 5 rings (SSSR count). The lowest BCUT2D eigenvalue weighted by Crippen LogP contribution is -2.72. The molecule has 2 aromatic carbocycles. The number of hydrogen-bond acceptors (Lipinski definition) is 6. The van der Waals surface area contributed by atoms with Gasteiger partial charge in [-0.1, -0.05) is 36.4 Å². The standard InChI is InChI=1S/C25H23N3O4/c1-28(12-13-29)11-10-26-18-14-20-23(27-17-8-4-5-9-19(17)32-20)22-21(18)24(30)15-6-2-3-7-16(15)25(22)31/h2-9,14,19,26,29H,10-13H2,1H3/p+1. The van der Waals surface area contributed by atoms with Crippen LogP contribution in [0.3, 0.4) is 0 Å². The lowest BCUT2D eigenvalue weighted by molar-refractivity contribution is -0.362. The summed E-state index contributed by atoms with van der Waals surface area (Å²) in [5.74, 6) is 0.152. The van der Waals surface area contributed by atoms with E-state index in [1.807, 2.05) is 36.3 Å². The van der Waals surface area contributed by atoms with Gasteiger partial charge in [0.15, 0.2) is 11.5 Å². The number of allylic oxidation sites excluding steroid dienone is 2. The Morgan fingerprint density at radius 3 is 2.59 bits per heavy atom. The van der Waals surface area contributed by atoms with Gasteiger partial charge in [-0.15, -0.1) is 0 Å². The topological polar surface area (TPSA) is 92.8 Å². The average molecular weight is 430 g/mol. The minimum absolute atomic E-state index is 0.0796. The summed E-state index contributed by atoms with van der Waals surface area (Å²) in [5.41, 5.74) is 3.45. The van der Waals surface area contributed by atoms with Gasteiger partial charge in [-0.3, -0.25) is 9.59 Å². The van der Waals surface area contributed by atoms with E-state index in [1.54, 1.807) is 30.3 Å². The number of likely N-dealkylation sites (N-methyl/N-ethyl adjacent to an activating group) is 1. The highest BCUT2D eigenvalue weighted by atomic mass is 16.5. The number of ether oxygens (including phenoxy) is 1. The molecule has 1 atom stereocenters. The normalized spacial score (nSPS) is 17.8. The van der Waals surface area contributed by atoms with Crippen LogP contribution in [-0.4, -0.2) is 66.7 Å². The zero-order chi connectivity index (χ0) is 22.2. The fourth-order valence-electron chi connectivity index (χ4n) is 4.31. The summed E-state index contributed by atoms with van der Waals surface area (Å²) >= 11 is 0. The molecule has 0 saturated carbocycles. The summed E-state index contributed by atoms with van der Waals surface area (Å²) in [7, 11) is 1.92. The molecule has 0 amide bonds. The van der Waals surface area contributed by atoms with Gasteiger partial charge in [0, 0.05) is 42.9 Å². The second kappa shape index (κ2) is 8.18. The first-order valence-corrected chi connectivity index (χ1v) is 10.7. The number of aliphatic hydroxyl groups is 1. The lowest BCUT2D eigenvalue weighted by atomic mass is 9.81. The molecule has 1 aliphatic heterocycles. The molecule has 0 radical (unpaired) electrons. The number of ketones is 2. The molecular formula is C25H24N3O4+. The number of aliphatic hydroxyl groups excluding tert-OH is 1. The molecule has 2 aromatic rings. The van der Waals surface area contributed by atoms with Crippen molar-refractivity contribution in [2.45, 2.75) is 6.10 Å². The SMILES string of the molecule is CN(CCO)CCNc1cc2c(c3c1C(=O)c1ccccc1C3=O)[NH+]=C1C=CC=CC1O2. The third kappa shape index (κ3) is 3.36. The van der Waals surface area contributed by atoms with Crippen LogP contribution in [0.4, 0.5) is 11.4 Å². The average Bonchev–Trinajstić information content (AvgIpc) is 2.81. The van der Waals surface area contributed by atoms with E-state index >= 15 is 0 Å². The van der Waals surface area contributed by atoms with Gasteiger partial charge in [0.1, 0.15) is 5.56 Å². The highest BCUT2D eigenvalue weighted by Gasteiger charge is 2.40. The maximum Gasteiger partial charge on any atom is 0.258 e. The van der Waals surface area contributed by atoms with Crippen molar-refractivity contribution >= 4 is 28.7 Å². The van der Waals surface area contributed by atoms with Crippen LogP contribution in [0.5, 0.6) is 5.75 Å². The minimum atomic E-state index is -0.268. The summed E-state index contributed by atoms with van der Waals surface area (Å²) in [6, 6.07) is 8.72. The Bertz CT molecular complexity index is 1210. The van der Waals surface area contributed by atoms with Crippen LogP contribution in [0.2, 0.25) is 0 Å². The molecule has 7 nitrogen and oxygen atoms in total. The van der Waals surface area contributed by atoms with Gasteiger partial charge in [0.05, 0.1) is 17.9 Å². The number of nitrogens with zero attached hydrogens (tertiary/aromatic N) is 1. The van der Waals surface area contributed by atoms with Gasteiger partial charge >= 0.3 is 0 Å². The van der Waals surface area contributed by atoms with Crippen molar-refractivity contribution in [3.8, 4) is 5.75 Å². The first-order chi connectivity index (χ1) is 15.6. The smallest absolute Gasteiger partial charge is 0.258 e. The van der Waals surface area contributed by atoms with Crippen LogP contribution in [0.1, 0.15) is 31.8 Å². The predicted octanol–water partition coefficient (Wildman–Crippen LogP) is 0.838. The Hall–Kier alpha value is -3.55. The zero-order valence-electron chi connectivity index (χ0n) is 17.7. The number of benzene rings is 2. The Kier molecular flexibility index (Phi) is 5.20. The molecule has 162 valence electrons. The quantitative estimate of drug-likeness (QED) is 0.537. The van der Waals surface area contributed by atoms with Crippen LogP contribution in [0.25, 0.3) is 0 Å². The van der Waals surface area contributed by atoms with Crippen LogP contribution in [-0.2, 0) is 0 Å². The summed E-state index contributed by atoms with van der Waals surface area (Å²) < 4.78 is 6.20. The van der Waals surface area contributed by atoms with Crippen molar-refractivity contribution in [3.63, 3.8) is 0 Å². The largest absolute Gasteiger partial charge is 0.468 e. The Morgan fingerprint density at radius 1 is 1.09 bits per heavy atom. The van der Waals surface area contributed by atoms with Crippen molar-refractivity contribution < 1.29 is 24.4 Å². The molecule has 0 fully saturated rings. The van der Waals surface area contributed by atoms with Crippen molar-refractivity contribution in [2.75, 3.05) is 38.6 Å². The first kappa shape index (κ1) is 20.4. The summed E-state index contributed by atoms with van der Waals surface area (Å²) in [4.78, 5) is 32.4. The van der Waals surface area contributed by atoms with E-state index in [9.17, 15) is 9.59 Å². The third-order valence-corrected chi connectivity index (χ3v) is 5.95. The fourth-order valence-corrected chi connectivity index (χ4v) is 4.31. The van der Waals surface area contributed by atoms with Crippen LogP contribution in [0.15, 0.2) is 54.6 Å². The molecule has 1 unspecified atom stereocenters. The Balaban J connectivity index is 1.62. The summed E-state index contributed by atoms with van der Waals surface area (Å²) in [5, 5.41) is 12.4. The van der Waals surface area contributed by atoms with E-state index in [-0.39, 0.29) is 24.3 Å². The van der Waals surface area contributed by atoms with E-state index < -0.39 is 0 Å². The van der Waals surface area contributed by atoms with Gasteiger partial charge in [-0.2, -0.15) is 0 Å². The number of rotatable bonds is 6. The lowest BCUT2D eigenvalue weighted by Gasteiger charge is -2.26. The number of carbonyl (C=O) groups is 2. The molecule has 0 bridgehead atoms. The molecule has 0 saturated heterocycles. The number of anilines is 1. The zero-order valence-corrected chi connectivity index (χ0v) is 17.7. The monoisotopic (exact) mass is 430 g/mol. The highest BCUT2D eigenvalue weighted by molar-refractivity contribution is 6.32. The number of carbonyl (C=O) groups excluding carboxylic acids is 2. The number of hydrogen-bond donors (Lipinski definition) is 3. The van der Waals surface area contributed by atoms with Crippen molar-refractivity contribution in [1.82, 2.24) is 4.90 Å². The van der Waals surface area contributed by atoms with Crippen LogP contribution in [0, 0.1) is 0 Å². The molecule has 0 aromatic heterocycles. The van der Waals surface area contributed by atoms with Crippen LogP contribution >= 0.6 is 0 Å². The van der Waals surface area contributed by atoms with E-state index in [2.05, 4.69) is 10.3 Å². The summed E-state index contributed by atoms with van der Waals surface area (Å²) in [6.45, 7) is 1.85. The maximum atomic E-state index is 13.6. The highest BCUT2D eigenvalue weighted by Crippen LogP contribution is 2.41. The van der Waals surface area contributed by atoms with Crippen molar-refractivity contribution in [2.24, 2.45) is 0 Å². The van der Waals surface area contributed by atoms with Gasteiger partial charge in [-0.05, 0) is 13.1 Å². The maximum absolute atomic E-state index is 13.6. The van der Waals surface area contributed by atoms with Gasteiger partial charge in [-0.25, -0.2) is 4.99 Å². The van der Waals surface area contributed by atoms with E-state index in [0.29, 0.717) is 59.0 Å². The number of nitrogens with one attached hydrogen (secondary N) is 2. The van der Waals surface area contributed by atoms with E-state index in [1.165, 1.54) is 0 Å². The molecule has 32 heavy (non-hydrogen) atoms. The summed E-state index contributed by atoms with van der Waals surface area (Å²) in [6.07, 6.45) is 7.40. The fraction of sp³-hybridized carbons (Fsp3) is 0.240. The Labute approximate surface area is 185 Å². The van der Waals surface area contributed by atoms with Crippen LogP contribution < -0.4 is 15.0 Å². The predicted molar refractivity (Wildman–Crippen MR) is 121 cm³/mol. The van der Waals surface area contributed by atoms with Crippen molar-refractivity contribution in [3.05, 3.63) is 76.9 Å². The van der Waals surface area contributed by atoms with Gasteiger partial charge in [0.25, 0.3) is 5.69 Å². The Morgan fingerprint density at radius 2 is 1.84 bits per heavy atom. The molecule has 2 aliphatic carbocycles. The van der Waals surface area contributed by atoms with Gasteiger partial charge < -0.3 is 20.1 Å². The minimum Gasteiger partial charge on any atom is -0.468 e. The second-order valence-corrected chi connectivity index (χ2v) is 8.07. The molecule has 0 spiro atoms. The molecule has 3 aliphatic rings. The molecule has 1 heterocycles. The molecular weight excluding hydrogens is 406 g/mol. The van der Waals surface area contributed by atoms with Crippen molar-refractivity contribution in [1.29, 1.82) is 0 Å². The first-order valence-electron chi connectivity index (χ1n) is 10.7. The number of fused-ring (bicyclic) bond motifs is 5. The third-order valence-electron chi connectivity index (χ3n) is 5.95. The molecule has 3 N–H and O–H groups in total. The van der Waals surface area contributed by atoms with E-state index in [0.717, 1.165) is 5.71 Å². The van der Waals surface area contributed by atoms with Gasteiger partial charge in [0.2, 0.25) is 17.6 Å².